The number of ether oxygens (including phenoxy) is 1. The molecule has 140 valence electrons. The number of anilines is 1. The van der Waals surface area contributed by atoms with Crippen molar-refractivity contribution in [3.05, 3.63) is 29.8 Å². The van der Waals surface area contributed by atoms with Gasteiger partial charge >= 0.3 is 0 Å². The number of benzene rings is 1. The fraction of sp³-hybridized carbons (Fsp3) is 0.438. The van der Waals surface area contributed by atoms with Crippen LogP contribution in [0.1, 0.15) is 5.56 Å². The molecule has 0 radical (unpaired) electrons. The van der Waals surface area contributed by atoms with Crippen molar-refractivity contribution in [1.29, 1.82) is 0 Å². The Labute approximate surface area is 155 Å². The molecule has 0 aromatic heterocycles. The number of amides is 1. The van der Waals surface area contributed by atoms with Gasteiger partial charge in [0.2, 0.25) is 0 Å². The van der Waals surface area contributed by atoms with Gasteiger partial charge in [0, 0.05) is 10.9 Å². The molecule has 3 rings (SSSR count). The topological polar surface area (TPSA) is 116 Å². The van der Waals surface area contributed by atoms with E-state index in [1.54, 1.807) is 4.90 Å². The standard InChI is InChI=1S/C16H18N2O6S2/c1-10-2-4-11(5-3-10)18-12-8-26(22,23)9-13(12)25-16(18)17-14(19)6-24-7-15(20)21/h2-5,12-13H,6-9H2,1H3,(H,20,21)/p-1/t12-,13-/m1/s1. The fourth-order valence-electron chi connectivity index (χ4n) is 2.93. The molecule has 2 fully saturated rings. The SMILES string of the molecule is Cc1ccc(N2C(=NC(=O)COCC(=O)[O-])S[C@@H]3CS(=O)(=O)C[C@H]32)cc1. The molecular formula is C16H17N2O6S2-. The van der Waals surface area contributed by atoms with Gasteiger partial charge in [-0.2, -0.15) is 4.99 Å². The summed E-state index contributed by atoms with van der Waals surface area (Å²) in [6, 6.07) is 7.23. The smallest absolute Gasteiger partial charge is 0.274 e. The minimum absolute atomic E-state index is 0.00688. The van der Waals surface area contributed by atoms with Crippen molar-refractivity contribution in [3.8, 4) is 0 Å². The van der Waals surface area contributed by atoms with Gasteiger partial charge in [0.15, 0.2) is 15.0 Å². The number of carbonyl (C=O) groups excluding carboxylic acids is 2. The summed E-state index contributed by atoms with van der Waals surface area (Å²) in [4.78, 5) is 28.1. The zero-order chi connectivity index (χ0) is 18.9. The van der Waals surface area contributed by atoms with Gasteiger partial charge in [-0.3, -0.25) is 4.79 Å². The zero-order valence-electron chi connectivity index (χ0n) is 14.0. The van der Waals surface area contributed by atoms with Gasteiger partial charge in [0.1, 0.15) is 6.61 Å². The van der Waals surface area contributed by atoms with Gasteiger partial charge in [-0.25, -0.2) is 8.42 Å². The van der Waals surface area contributed by atoms with Crippen molar-refractivity contribution in [3.63, 3.8) is 0 Å². The van der Waals surface area contributed by atoms with Crippen molar-refractivity contribution in [2.45, 2.75) is 18.2 Å². The fourth-order valence-corrected chi connectivity index (χ4v) is 6.86. The van der Waals surface area contributed by atoms with Crippen molar-refractivity contribution >= 4 is 44.3 Å². The van der Waals surface area contributed by atoms with Gasteiger partial charge in [0.05, 0.1) is 30.1 Å². The average molecular weight is 397 g/mol. The average Bonchev–Trinajstić information content (AvgIpc) is 2.99. The summed E-state index contributed by atoms with van der Waals surface area (Å²) in [6.45, 7) is 0.779. The minimum Gasteiger partial charge on any atom is -0.548 e. The van der Waals surface area contributed by atoms with Crippen LogP contribution in [0.15, 0.2) is 29.3 Å². The van der Waals surface area contributed by atoms with E-state index in [1.165, 1.54) is 11.8 Å². The van der Waals surface area contributed by atoms with Crippen LogP contribution in [0.2, 0.25) is 0 Å². The van der Waals surface area contributed by atoms with Crippen LogP contribution in [0.25, 0.3) is 0 Å². The Kier molecular flexibility index (Phi) is 5.35. The summed E-state index contributed by atoms with van der Waals surface area (Å²) >= 11 is 1.25. The number of thioether (sulfide) groups is 1. The van der Waals surface area contributed by atoms with Crippen molar-refractivity contribution in [1.82, 2.24) is 0 Å². The number of hydrogen-bond donors (Lipinski definition) is 0. The predicted octanol–water partition coefficient (Wildman–Crippen LogP) is -0.637. The quantitative estimate of drug-likeness (QED) is 0.644. The van der Waals surface area contributed by atoms with Crippen LogP contribution in [-0.2, 0) is 24.2 Å². The second kappa shape index (κ2) is 7.37. The Balaban J connectivity index is 1.84. The summed E-state index contributed by atoms with van der Waals surface area (Å²) in [5.74, 6) is -2.00. The summed E-state index contributed by atoms with van der Waals surface area (Å²) in [7, 11) is -3.13. The molecule has 2 aliphatic heterocycles. The third kappa shape index (κ3) is 4.25. The molecule has 0 spiro atoms. The number of carboxylic acids is 1. The van der Waals surface area contributed by atoms with E-state index in [0.29, 0.717) is 5.17 Å². The lowest BCUT2D eigenvalue weighted by molar-refractivity contribution is -0.309. The number of hydrogen-bond acceptors (Lipinski definition) is 7. The van der Waals surface area contributed by atoms with Crippen LogP contribution in [-0.4, -0.2) is 61.5 Å². The minimum atomic E-state index is -3.13. The monoisotopic (exact) mass is 397 g/mol. The third-order valence-electron chi connectivity index (χ3n) is 4.04. The molecule has 2 saturated heterocycles. The molecule has 2 heterocycles. The van der Waals surface area contributed by atoms with Gasteiger partial charge in [-0.1, -0.05) is 29.5 Å². The summed E-state index contributed by atoms with van der Waals surface area (Å²) in [5.41, 5.74) is 1.82. The van der Waals surface area contributed by atoms with E-state index in [-0.39, 0.29) is 22.8 Å². The maximum atomic E-state index is 12.0. The maximum Gasteiger partial charge on any atom is 0.274 e. The number of sulfone groups is 1. The first-order chi connectivity index (χ1) is 12.2. The number of fused-ring (bicyclic) bond motifs is 1. The van der Waals surface area contributed by atoms with Crippen molar-refractivity contribution in [2.75, 3.05) is 29.6 Å². The molecule has 1 amide bonds. The van der Waals surface area contributed by atoms with Crippen LogP contribution in [0.4, 0.5) is 5.69 Å². The molecule has 0 bridgehead atoms. The number of aliphatic carboxylic acids is 1. The molecular weight excluding hydrogens is 380 g/mol. The number of amidine groups is 1. The number of aryl methyl sites for hydroxylation is 1. The Morgan fingerprint density at radius 2 is 1.96 bits per heavy atom. The number of carboxylic acid groups (broad SMARTS) is 1. The highest BCUT2D eigenvalue weighted by Gasteiger charge is 2.49. The van der Waals surface area contributed by atoms with Crippen molar-refractivity contribution in [2.24, 2.45) is 4.99 Å². The molecule has 1 aromatic rings. The first-order valence-corrected chi connectivity index (χ1v) is 10.6. The van der Waals surface area contributed by atoms with Gasteiger partial charge < -0.3 is 19.5 Å². The van der Waals surface area contributed by atoms with E-state index in [2.05, 4.69) is 4.99 Å². The van der Waals surface area contributed by atoms with Crippen LogP contribution >= 0.6 is 11.8 Å². The van der Waals surface area contributed by atoms with E-state index in [9.17, 15) is 23.1 Å². The predicted molar refractivity (Wildman–Crippen MR) is 95.7 cm³/mol. The molecule has 8 nitrogen and oxygen atoms in total. The lowest BCUT2D eigenvalue weighted by atomic mass is 10.1. The van der Waals surface area contributed by atoms with E-state index >= 15 is 0 Å². The number of nitrogens with zero attached hydrogens (tertiary/aromatic N) is 2. The van der Waals surface area contributed by atoms with E-state index in [1.807, 2.05) is 31.2 Å². The summed E-state index contributed by atoms with van der Waals surface area (Å²) in [6.07, 6.45) is 0. The number of aliphatic imine (C=N–C) groups is 1. The molecule has 26 heavy (non-hydrogen) atoms. The van der Waals surface area contributed by atoms with Crippen LogP contribution in [0, 0.1) is 6.92 Å². The second-order valence-electron chi connectivity index (χ2n) is 6.16. The molecule has 1 aromatic carbocycles. The molecule has 0 N–H and O–H groups in total. The van der Waals surface area contributed by atoms with Crippen LogP contribution in [0.3, 0.4) is 0 Å². The highest BCUT2D eigenvalue weighted by atomic mass is 32.2. The van der Waals surface area contributed by atoms with Crippen molar-refractivity contribution < 1.29 is 27.9 Å². The Hall–Kier alpha value is -1.91. The molecule has 0 unspecified atom stereocenters. The largest absolute Gasteiger partial charge is 0.548 e. The molecule has 0 aliphatic carbocycles. The first-order valence-electron chi connectivity index (χ1n) is 7.87. The normalized spacial score (nSPS) is 25.4. The van der Waals surface area contributed by atoms with Gasteiger partial charge in [0.25, 0.3) is 5.91 Å². The first kappa shape index (κ1) is 18.9. The molecule has 2 atom stereocenters. The number of rotatable bonds is 5. The van der Waals surface area contributed by atoms with Crippen LogP contribution in [0.5, 0.6) is 0 Å². The Morgan fingerprint density at radius 3 is 2.62 bits per heavy atom. The molecule has 0 saturated carbocycles. The lowest BCUT2D eigenvalue weighted by Gasteiger charge is -2.24. The summed E-state index contributed by atoms with van der Waals surface area (Å²) < 4.78 is 28.7. The molecule has 10 heteroatoms. The van der Waals surface area contributed by atoms with Gasteiger partial charge in [-0.05, 0) is 19.1 Å². The molecule has 2 aliphatic rings. The van der Waals surface area contributed by atoms with E-state index in [4.69, 9.17) is 4.74 Å². The maximum absolute atomic E-state index is 12.0. The number of carbonyl (C=O) groups is 2. The highest BCUT2D eigenvalue weighted by molar-refractivity contribution is 8.16. The Bertz CT molecular complexity index is 850. The van der Waals surface area contributed by atoms with E-state index < -0.39 is 34.9 Å². The van der Waals surface area contributed by atoms with E-state index in [0.717, 1.165) is 11.3 Å². The third-order valence-corrected chi connectivity index (χ3v) is 7.25. The second-order valence-corrected chi connectivity index (χ2v) is 9.52. The zero-order valence-corrected chi connectivity index (χ0v) is 15.6. The van der Waals surface area contributed by atoms with Gasteiger partial charge in [-0.15, -0.1) is 0 Å². The lowest BCUT2D eigenvalue weighted by Crippen LogP contribution is -2.37. The highest BCUT2D eigenvalue weighted by Crippen LogP contribution is 2.40. The summed E-state index contributed by atoms with van der Waals surface area (Å²) in [5, 5.41) is 10.5. The Morgan fingerprint density at radius 1 is 1.27 bits per heavy atom. The van der Waals surface area contributed by atoms with Crippen LogP contribution < -0.4 is 10.0 Å².